The number of rotatable bonds is 13. The maximum atomic E-state index is 13.0. The number of carboxylic acid groups (broad SMARTS) is 3. The van der Waals surface area contributed by atoms with Gasteiger partial charge in [0.25, 0.3) is 0 Å². The summed E-state index contributed by atoms with van der Waals surface area (Å²) < 4.78 is 0. The fourth-order valence-electron chi connectivity index (χ4n) is 3.24. The first-order valence-electron chi connectivity index (χ1n) is 9.95. The number of carboxylic acids is 3. The molecule has 1 aliphatic heterocycles. The van der Waals surface area contributed by atoms with Crippen molar-refractivity contribution in [3.05, 3.63) is 0 Å². The summed E-state index contributed by atoms with van der Waals surface area (Å²) in [6, 6.07) is -5.69. The van der Waals surface area contributed by atoms with Crippen LogP contribution in [0.25, 0.3) is 0 Å². The molecule has 184 valence electrons. The first-order chi connectivity index (χ1) is 15.3. The highest BCUT2D eigenvalue weighted by Gasteiger charge is 2.40. The minimum Gasteiger partial charge on any atom is -0.481 e. The minimum atomic E-state index is -1.62. The van der Waals surface area contributed by atoms with Crippen LogP contribution in [0.2, 0.25) is 0 Å². The van der Waals surface area contributed by atoms with Crippen LogP contribution in [-0.4, -0.2) is 92.5 Å². The SMILES string of the molecule is NC(=O)CC(NC(=O)C1CCCN1C(=O)C(CC(=O)O)NC(=O)C(N)CCC(=O)O)C(=O)O. The third kappa shape index (κ3) is 8.72. The van der Waals surface area contributed by atoms with Crippen LogP contribution in [0.5, 0.6) is 0 Å². The second kappa shape index (κ2) is 12.3. The van der Waals surface area contributed by atoms with Crippen molar-refractivity contribution in [2.24, 2.45) is 11.5 Å². The number of likely N-dealkylation sites (tertiary alicyclic amines) is 1. The Kier molecular flexibility index (Phi) is 10.2. The van der Waals surface area contributed by atoms with Gasteiger partial charge in [0.1, 0.15) is 18.1 Å². The highest BCUT2D eigenvalue weighted by Crippen LogP contribution is 2.20. The zero-order chi connectivity index (χ0) is 25.3. The molecule has 4 atom stereocenters. The van der Waals surface area contributed by atoms with Gasteiger partial charge in [-0.1, -0.05) is 0 Å². The van der Waals surface area contributed by atoms with Crippen molar-refractivity contribution in [1.29, 1.82) is 0 Å². The Morgan fingerprint density at radius 3 is 2.09 bits per heavy atom. The Bertz CT molecular complexity index is 816. The molecule has 0 aromatic rings. The monoisotopic (exact) mass is 473 g/mol. The molecule has 4 amide bonds. The summed E-state index contributed by atoms with van der Waals surface area (Å²) in [6.07, 6.45) is -1.71. The first-order valence-corrected chi connectivity index (χ1v) is 9.95. The van der Waals surface area contributed by atoms with Crippen molar-refractivity contribution >= 4 is 41.5 Å². The Labute approximate surface area is 187 Å². The van der Waals surface area contributed by atoms with Gasteiger partial charge in [-0.3, -0.25) is 28.8 Å². The summed E-state index contributed by atoms with van der Waals surface area (Å²) in [5.41, 5.74) is 10.6. The van der Waals surface area contributed by atoms with E-state index in [4.69, 9.17) is 26.8 Å². The van der Waals surface area contributed by atoms with Crippen molar-refractivity contribution in [3.63, 3.8) is 0 Å². The molecule has 1 fully saturated rings. The van der Waals surface area contributed by atoms with Gasteiger partial charge in [-0.05, 0) is 19.3 Å². The molecule has 1 heterocycles. The van der Waals surface area contributed by atoms with Gasteiger partial charge in [0.2, 0.25) is 23.6 Å². The highest BCUT2D eigenvalue weighted by atomic mass is 16.4. The van der Waals surface area contributed by atoms with Crippen LogP contribution in [0.1, 0.15) is 38.5 Å². The lowest BCUT2D eigenvalue weighted by Gasteiger charge is -2.29. The third-order valence-corrected chi connectivity index (χ3v) is 4.86. The Balaban J connectivity index is 2.95. The van der Waals surface area contributed by atoms with Crippen LogP contribution in [0.4, 0.5) is 0 Å². The third-order valence-electron chi connectivity index (χ3n) is 4.86. The maximum Gasteiger partial charge on any atom is 0.326 e. The minimum absolute atomic E-state index is 0.0293. The number of hydrogen-bond donors (Lipinski definition) is 7. The second-order valence-corrected chi connectivity index (χ2v) is 7.46. The first kappa shape index (κ1) is 27.3. The number of carbonyl (C=O) groups is 7. The molecule has 1 aliphatic rings. The fourth-order valence-corrected chi connectivity index (χ4v) is 3.24. The maximum absolute atomic E-state index is 13.0. The topological polar surface area (TPSA) is 260 Å². The number of nitrogens with zero attached hydrogens (tertiary/aromatic N) is 1. The van der Waals surface area contributed by atoms with Crippen LogP contribution >= 0.6 is 0 Å². The number of aliphatic carboxylic acids is 3. The summed E-state index contributed by atoms with van der Waals surface area (Å²) in [5, 5.41) is 31.2. The van der Waals surface area contributed by atoms with Crippen LogP contribution < -0.4 is 22.1 Å². The van der Waals surface area contributed by atoms with E-state index in [0.717, 1.165) is 4.90 Å². The van der Waals surface area contributed by atoms with E-state index in [1.165, 1.54) is 0 Å². The van der Waals surface area contributed by atoms with E-state index in [1.54, 1.807) is 0 Å². The standard InChI is InChI=1S/C18H27N5O10/c19-8(3-4-13(25)26)15(29)21-9(7-14(27)28)17(31)23-5-1-2-11(23)16(30)22-10(18(32)33)6-12(20)24/h8-11H,1-7,19H2,(H2,20,24)(H,21,29)(H,22,30)(H,25,26)(H,27,28)(H,32,33). The van der Waals surface area contributed by atoms with E-state index in [9.17, 15) is 33.6 Å². The molecule has 4 unspecified atom stereocenters. The average molecular weight is 473 g/mol. The molecule has 0 aromatic heterocycles. The molecular weight excluding hydrogens is 446 g/mol. The number of nitrogens with two attached hydrogens (primary N) is 2. The number of hydrogen-bond acceptors (Lipinski definition) is 8. The molecule has 0 spiro atoms. The molecule has 9 N–H and O–H groups in total. The van der Waals surface area contributed by atoms with Crippen molar-refractivity contribution in [2.75, 3.05) is 6.54 Å². The molecule has 0 radical (unpaired) electrons. The molecule has 15 heteroatoms. The molecule has 0 saturated carbocycles. The van der Waals surface area contributed by atoms with Crippen molar-refractivity contribution < 1.29 is 48.9 Å². The molecule has 1 rings (SSSR count). The molecule has 0 aromatic carbocycles. The van der Waals surface area contributed by atoms with E-state index >= 15 is 0 Å². The van der Waals surface area contributed by atoms with Crippen molar-refractivity contribution in [2.45, 2.75) is 62.7 Å². The predicted octanol–water partition coefficient (Wildman–Crippen LogP) is -3.43. The largest absolute Gasteiger partial charge is 0.481 e. The number of nitrogens with one attached hydrogen (secondary N) is 2. The number of amides is 4. The summed E-state index contributed by atoms with van der Waals surface area (Å²) in [4.78, 5) is 82.9. The highest BCUT2D eigenvalue weighted by molar-refractivity contribution is 5.96. The van der Waals surface area contributed by atoms with E-state index in [-0.39, 0.29) is 19.4 Å². The lowest BCUT2D eigenvalue weighted by molar-refractivity contribution is -0.147. The van der Waals surface area contributed by atoms with Crippen LogP contribution in [-0.2, 0) is 33.6 Å². The van der Waals surface area contributed by atoms with E-state index in [2.05, 4.69) is 10.6 Å². The molecule has 33 heavy (non-hydrogen) atoms. The van der Waals surface area contributed by atoms with Gasteiger partial charge >= 0.3 is 17.9 Å². The van der Waals surface area contributed by atoms with Gasteiger partial charge in [-0.15, -0.1) is 0 Å². The zero-order valence-corrected chi connectivity index (χ0v) is 17.6. The summed E-state index contributed by atoms with van der Waals surface area (Å²) in [7, 11) is 0. The second-order valence-electron chi connectivity index (χ2n) is 7.46. The van der Waals surface area contributed by atoms with Gasteiger partial charge in [0.05, 0.1) is 18.9 Å². The molecule has 1 saturated heterocycles. The van der Waals surface area contributed by atoms with Crippen LogP contribution in [0.15, 0.2) is 0 Å². The van der Waals surface area contributed by atoms with Crippen LogP contribution in [0.3, 0.4) is 0 Å². The normalized spacial score (nSPS) is 18.0. The fraction of sp³-hybridized carbons (Fsp3) is 0.611. The summed E-state index contributed by atoms with van der Waals surface area (Å²) in [5.74, 6) is -7.83. The predicted molar refractivity (Wildman–Crippen MR) is 107 cm³/mol. The van der Waals surface area contributed by atoms with E-state index in [1.807, 2.05) is 0 Å². The van der Waals surface area contributed by atoms with Crippen molar-refractivity contribution in [1.82, 2.24) is 15.5 Å². The molecule has 15 nitrogen and oxygen atoms in total. The van der Waals surface area contributed by atoms with Gasteiger partial charge < -0.3 is 42.3 Å². The van der Waals surface area contributed by atoms with Gasteiger partial charge in [0, 0.05) is 13.0 Å². The van der Waals surface area contributed by atoms with Crippen molar-refractivity contribution in [3.8, 4) is 0 Å². The van der Waals surface area contributed by atoms with E-state index in [0.29, 0.717) is 6.42 Å². The lowest BCUT2D eigenvalue weighted by Crippen LogP contribution is -2.57. The Morgan fingerprint density at radius 1 is 0.939 bits per heavy atom. The van der Waals surface area contributed by atoms with Crippen LogP contribution in [0, 0.1) is 0 Å². The molecule has 0 bridgehead atoms. The molecular formula is C18H27N5O10. The Morgan fingerprint density at radius 2 is 1.58 bits per heavy atom. The van der Waals surface area contributed by atoms with Gasteiger partial charge in [-0.2, -0.15) is 0 Å². The summed E-state index contributed by atoms with van der Waals surface area (Å²) in [6.45, 7) is 0.0293. The quantitative estimate of drug-likeness (QED) is 0.138. The molecule has 0 aliphatic carbocycles. The average Bonchev–Trinajstić information content (AvgIpc) is 3.19. The number of primary amides is 1. The summed E-state index contributed by atoms with van der Waals surface area (Å²) >= 11 is 0. The lowest BCUT2D eigenvalue weighted by atomic mass is 10.1. The number of carbonyl (C=O) groups excluding carboxylic acids is 4. The van der Waals surface area contributed by atoms with Gasteiger partial charge in [-0.25, -0.2) is 4.79 Å². The Hall–Kier alpha value is -3.75. The van der Waals surface area contributed by atoms with Gasteiger partial charge in [0.15, 0.2) is 0 Å². The smallest absolute Gasteiger partial charge is 0.326 e. The van der Waals surface area contributed by atoms with E-state index < -0.39 is 85.0 Å². The zero-order valence-electron chi connectivity index (χ0n) is 17.6.